The molecule has 3 spiro atoms. The van der Waals surface area contributed by atoms with Gasteiger partial charge in [0, 0.05) is 17.8 Å². The van der Waals surface area contributed by atoms with E-state index in [4.69, 9.17) is 9.47 Å². The summed E-state index contributed by atoms with van der Waals surface area (Å²) in [6.45, 7) is 15.4. The van der Waals surface area contributed by atoms with E-state index < -0.39 is 11.4 Å². The molecule has 4 unspecified atom stereocenters. The Hall–Kier alpha value is -0.200. The van der Waals surface area contributed by atoms with Crippen molar-refractivity contribution in [3.8, 4) is 0 Å². The van der Waals surface area contributed by atoms with Gasteiger partial charge < -0.3 is 24.8 Å². The molecule has 3 N–H and O–H groups in total. The fourth-order valence-corrected chi connectivity index (χ4v) is 12.7. The number of ether oxygens (including phenoxy) is 2. The largest absolute Gasteiger partial charge is 0.393 e. The predicted octanol–water partition coefficient (Wildman–Crippen LogP) is 4.66. The average Bonchev–Trinajstić information content (AvgIpc) is 3.20. The van der Waals surface area contributed by atoms with E-state index in [9.17, 15) is 15.3 Å². The van der Waals surface area contributed by atoms with Gasteiger partial charge in [-0.2, -0.15) is 0 Å². The number of hydrogen-bond acceptors (Lipinski definition) is 5. The molecule has 7 fully saturated rings. The summed E-state index contributed by atoms with van der Waals surface area (Å²) >= 11 is 0. The summed E-state index contributed by atoms with van der Waals surface area (Å²) in [6.07, 6.45) is 7.19. The molecule has 198 valence electrons. The summed E-state index contributed by atoms with van der Waals surface area (Å²) < 4.78 is 13.7. The zero-order valence-corrected chi connectivity index (χ0v) is 22.9. The second kappa shape index (κ2) is 6.33. The van der Waals surface area contributed by atoms with Crippen molar-refractivity contribution in [3.63, 3.8) is 0 Å². The van der Waals surface area contributed by atoms with E-state index in [0.717, 1.165) is 32.1 Å². The van der Waals surface area contributed by atoms with Crippen LogP contribution in [0.25, 0.3) is 0 Å². The monoisotopic (exact) mass is 488 g/mol. The minimum Gasteiger partial charge on any atom is -0.393 e. The highest BCUT2D eigenvalue weighted by atomic mass is 16.8. The molecule has 0 aromatic carbocycles. The minimum atomic E-state index is -0.953. The Morgan fingerprint density at radius 3 is 2.23 bits per heavy atom. The molecule has 5 saturated carbocycles. The third-order valence-corrected chi connectivity index (χ3v) is 14.1. The van der Waals surface area contributed by atoms with E-state index in [1.54, 1.807) is 0 Å². The molecule has 7 aliphatic rings. The Morgan fingerprint density at radius 2 is 1.54 bits per heavy atom. The highest BCUT2D eigenvalue weighted by molar-refractivity contribution is 5.34. The molecule has 5 aliphatic carbocycles. The number of fused-ring (bicyclic) bond motifs is 4. The molecule has 0 aromatic heterocycles. The molecule has 2 aliphatic heterocycles. The van der Waals surface area contributed by atoms with E-state index in [2.05, 4.69) is 34.6 Å². The number of aliphatic hydroxyl groups is 3. The smallest absolute Gasteiger partial charge is 0.173 e. The number of aliphatic hydroxyl groups excluding tert-OH is 2. The van der Waals surface area contributed by atoms with Crippen LogP contribution < -0.4 is 0 Å². The lowest BCUT2D eigenvalue weighted by Crippen LogP contribution is -2.62. The van der Waals surface area contributed by atoms with Gasteiger partial charge in [-0.3, -0.25) is 0 Å². The zero-order valence-electron chi connectivity index (χ0n) is 22.9. The van der Waals surface area contributed by atoms with E-state index in [0.29, 0.717) is 17.8 Å². The molecule has 35 heavy (non-hydrogen) atoms. The Labute approximate surface area is 211 Å². The summed E-state index contributed by atoms with van der Waals surface area (Å²) in [5.41, 5.74) is -0.908. The normalized spacial score (nSPS) is 63.9. The van der Waals surface area contributed by atoms with Crippen LogP contribution in [0.5, 0.6) is 0 Å². The van der Waals surface area contributed by atoms with Gasteiger partial charge in [0.25, 0.3) is 0 Å². The van der Waals surface area contributed by atoms with Gasteiger partial charge in [0.05, 0.1) is 23.9 Å². The van der Waals surface area contributed by atoms with Gasteiger partial charge in [-0.05, 0) is 98.2 Å². The molecule has 5 nitrogen and oxygen atoms in total. The maximum absolute atomic E-state index is 12.2. The van der Waals surface area contributed by atoms with E-state index in [1.807, 2.05) is 13.8 Å². The second-order valence-electron chi connectivity index (χ2n) is 16.0. The Bertz CT molecular complexity index is 957. The minimum absolute atomic E-state index is 0.0545. The van der Waals surface area contributed by atoms with Gasteiger partial charge in [0.1, 0.15) is 6.10 Å². The van der Waals surface area contributed by atoms with Crippen LogP contribution in [0.1, 0.15) is 99.8 Å². The lowest BCUT2D eigenvalue weighted by Gasteiger charge is -2.64. The molecular weight excluding hydrogens is 440 g/mol. The molecule has 2 saturated heterocycles. The third kappa shape index (κ3) is 2.38. The van der Waals surface area contributed by atoms with Gasteiger partial charge in [-0.1, -0.05) is 34.6 Å². The third-order valence-electron chi connectivity index (χ3n) is 14.1. The highest BCUT2D eigenvalue weighted by Gasteiger charge is 2.87. The van der Waals surface area contributed by atoms with Gasteiger partial charge in [0.2, 0.25) is 0 Å². The molecule has 2 heterocycles. The van der Waals surface area contributed by atoms with Gasteiger partial charge in [0.15, 0.2) is 5.79 Å². The second-order valence-corrected chi connectivity index (χ2v) is 16.0. The fourth-order valence-electron chi connectivity index (χ4n) is 12.7. The van der Waals surface area contributed by atoms with E-state index >= 15 is 0 Å². The zero-order chi connectivity index (χ0) is 25.2. The maximum atomic E-state index is 12.2. The van der Waals surface area contributed by atoms with Crippen molar-refractivity contribution in [1.82, 2.24) is 0 Å². The first kappa shape index (κ1) is 23.9. The number of hydrogen-bond donors (Lipinski definition) is 3. The Morgan fingerprint density at radius 1 is 0.857 bits per heavy atom. The molecule has 0 aromatic rings. The van der Waals surface area contributed by atoms with Crippen molar-refractivity contribution in [2.45, 2.75) is 136 Å². The summed E-state index contributed by atoms with van der Waals surface area (Å²) in [7, 11) is 0. The van der Waals surface area contributed by atoms with Gasteiger partial charge in [-0.25, -0.2) is 0 Å². The molecular formula is C30H48O5. The van der Waals surface area contributed by atoms with Gasteiger partial charge in [-0.15, -0.1) is 0 Å². The molecule has 13 atom stereocenters. The van der Waals surface area contributed by atoms with Crippen LogP contribution >= 0.6 is 0 Å². The predicted molar refractivity (Wildman–Crippen MR) is 132 cm³/mol. The van der Waals surface area contributed by atoms with Crippen molar-refractivity contribution in [2.75, 3.05) is 0 Å². The fraction of sp³-hybridized carbons (Fsp3) is 1.00. The SMILES string of the molecule is C[C@@H]1CC2O[C@]3(C[C@@]4(C)C5CCC6C(C)(C)[C@@H](O)CC[C@@]67C[C@@]57C[C@@H](O)[C@]4(C)[C@@H]13)OC2C(C)(C)O. The maximum Gasteiger partial charge on any atom is 0.173 e. The summed E-state index contributed by atoms with van der Waals surface area (Å²) in [5.74, 6) is 0.894. The van der Waals surface area contributed by atoms with Crippen molar-refractivity contribution >= 4 is 0 Å². The average molecular weight is 489 g/mol. The lowest BCUT2D eigenvalue weighted by atomic mass is 9.41. The summed E-state index contributed by atoms with van der Waals surface area (Å²) in [4.78, 5) is 0. The van der Waals surface area contributed by atoms with Crippen LogP contribution in [0.15, 0.2) is 0 Å². The topological polar surface area (TPSA) is 79.2 Å². The molecule has 5 heteroatoms. The van der Waals surface area contributed by atoms with Crippen molar-refractivity contribution in [2.24, 2.45) is 50.7 Å². The van der Waals surface area contributed by atoms with Crippen molar-refractivity contribution in [1.29, 1.82) is 0 Å². The summed E-state index contributed by atoms with van der Waals surface area (Å²) in [6, 6.07) is 0. The first-order valence-electron chi connectivity index (χ1n) is 14.5. The standard InChI is InChI=1S/C30H48O5/c1-16-12-17-23(25(4,5)33)35-30(34-17)14-26(6)19-9-8-18-24(2,3)20(31)10-11-28(18)15-29(19,28)13-21(32)27(26,7)22(16)30/h16-23,31-33H,8-15H2,1-7H3/t16-,17?,18?,19?,20+,21-,22-,23?,26+,27-,28-,29+,30-/m1/s1. The molecule has 2 bridgehead atoms. The van der Waals surface area contributed by atoms with Crippen molar-refractivity contribution in [3.05, 3.63) is 0 Å². The number of rotatable bonds is 1. The first-order valence-corrected chi connectivity index (χ1v) is 14.5. The van der Waals surface area contributed by atoms with Crippen LogP contribution in [0.3, 0.4) is 0 Å². The lowest BCUT2D eigenvalue weighted by molar-refractivity contribution is -0.255. The van der Waals surface area contributed by atoms with Crippen molar-refractivity contribution < 1.29 is 24.8 Å². The quantitative estimate of drug-likeness (QED) is 0.500. The Kier molecular flexibility index (Phi) is 4.32. The van der Waals surface area contributed by atoms with Crippen LogP contribution in [-0.2, 0) is 9.47 Å². The first-order chi connectivity index (χ1) is 16.1. The molecule has 0 amide bonds. The Balaban J connectivity index is 1.32. The molecule has 0 radical (unpaired) electrons. The van der Waals surface area contributed by atoms with Crippen LogP contribution in [0.4, 0.5) is 0 Å². The van der Waals surface area contributed by atoms with Crippen LogP contribution in [0.2, 0.25) is 0 Å². The van der Waals surface area contributed by atoms with E-state index in [1.165, 1.54) is 19.3 Å². The van der Waals surface area contributed by atoms with E-state index in [-0.39, 0.29) is 57.4 Å². The highest BCUT2D eigenvalue weighted by Crippen LogP contribution is 2.90. The van der Waals surface area contributed by atoms with Gasteiger partial charge >= 0.3 is 0 Å². The molecule has 7 rings (SSSR count). The van der Waals surface area contributed by atoms with Crippen LogP contribution in [-0.4, -0.2) is 51.1 Å². The summed E-state index contributed by atoms with van der Waals surface area (Å²) in [5, 5.41) is 34.1. The van der Waals surface area contributed by atoms with Crippen LogP contribution in [0, 0.1) is 50.7 Å².